The second-order valence-corrected chi connectivity index (χ2v) is 4.53. The van der Waals surface area contributed by atoms with Gasteiger partial charge in [0.15, 0.2) is 0 Å². The molecule has 0 radical (unpaired) electrons. The summed E-state index contributed by atoms with van der Waals surface area (Å²) < 4.78 is 0. The van der Waals surface area contributed by atoms with E-state index in [1.54, 1.807) is 0 Å². The Hall–Kier alpha value is -1.11. The van der Waals surface area contributed by atoms with Crippen molar-refractivity contribution in [1.82, 2.24) is 0 Å². The fourth-order valence-corrected chi connectivity index (χ4v) is 1.92. The maximum absolute atomic E-state index is 4.60. The van der Waals surface area contributed by atoms with Crippen LogP contribution in [0.5, 0.6) is 0 Å². The van der Waals surface area contributed by atoms with Crippen molar-refractivity contribution >= 4 is 11.4 Å². The van der Waals surface area contributed by atoms with E-state index in [0.717, 1.165) is 12.1 Å². The van der Waals surface area contributed by atoms with Gasteiger partial charge in [0, 0.05) is 11.1 Å². The van der Waals surface area contributed by atoms with E-state index in [1.807, 2.05) is 0 Å². The highest BCUT2D eigenvalue weighted by atomic mass is 14.8. The highest BCUT2D eigenvalue weighted by Crippen LogP contribution is 2.40. The van der Waals surface area contributed by atoms with Crippen LogP contribution in [0.2, 0.25) is 0 Å². The summed E-state index contributed by atoms with van der Waals surface area (Å²) in [4.78, 5) is 4.60. The molecule has 1 nitrogen and oxygen atoms in total. The molecule has 0 saturated carbocycles. The quantitative estimate of drug-likeness (QED) is 0.636. The number of rotatable bonds is 1. The van der Waals surface area contributed by atoms with Gasteiger partial charge < -0.3 is 0 Å². The van der Waals surface area contributed by atoms with Crippen molar-refractivity contribution < 1.29 is 0 Å². The number of hydrogen-bond acceptors (Lipinski definition) is 1. The first-order valence-electron chi connectivity index (χ1n) is 5.25. The molecule has 0 bridgehead atoms. The average Bonchev–Trinajstić information content (AvgIpc) is 2.38. The highest BCUT2D eigenvalue weighted by molar-refractivity contribution is 5.99. The molecule has 0 aromatic heterocycles. The molecule has 1 aliphatic rings. The number of hydrogen-bond donors (Lipinski definition) is 0. The van der Waals surface area contributed by atoms with Gasteiger partial charge in [-0.2, -0.15) is 0 Å². The molecule has 1 aliphatic heterocycles. The van der Waals surface area contributed by atoms with Gasteiger partial charge in [0.2, 0.25) is 0 Å². The number of nitrogens with zero attached hydrogens (tertiary/aromatic N) is 1. The van der Waals surface area contributed by atoms with Gasteiger partial charge in [0.25, 0.3) is 0 Å². The average molecular weight is 187 g/mol. The van der Waals surface area contributed by atoms with Crippen molar-refractivity contribution in [2.45, 2.75) is 39.5 Å². The summed E-state index contributed by atoms with van der Waals surface area (Å²) >= 11 is 0. The van der Waals surface area contributed by atoms with Crippen molar-refractivity contribution in [2.75, 3.05) is 0 Å². The lowest BCUT2D eigenvalue weighted by Gasteiger charge is -2.20. The van der Waals surface area contributed by atoms with E-state index in [-0.39, 0.29) is 5.41 Å². The Morgan fingerprint density at radius 1 is 1.29 bits per heavy atom. The summed E-state index contributed by atoms with van der Waals surface area (Å²) in [5.74, 6) is 0. The van der Waals surface area contributed by atoms with Crippen LogP contribution in [0.1, 0.15) is 38.8 Å². The fraction of sp³-hybridized carbons (Fsp3) is 0.462. The lowest BCUT2D eigenvalue weighted by Crippen LogP contribution is -2.22. The van der Waals surface area contributed by atoms with Crippen LogP contribution in [-0.2, 0) is 11.8 Å². The molecule has 0 unspecified atom stereocenters. The fourth-order valence-electron chi connectivity index (χ4n) is 1.92. The predicted octanol–water partition coefficient (Wildman–Crippen LogP) is 3.63. The van der Waals surface area contributed by atoms with Crippen LogP contribution < -0.4 is 0 Å². The Morgan fingerprint density at radius 2 is 2.00 bits per heavy atom. The summed E-state index contributed by atoms with van der Waals surface area (Å²) in [6.07, 6.45) is 1.10. The smallest absolute Gasteiger partial charge is 0.0670 e. The molecule has 0 spiro atoms. The molecule has 1 heteroatoms. The van der Waals surface area contributed by atoms with Crippen molar-refractivity contribution in [3.63, 3.8) is 0 Å². The van der Waals surface area contributed by atoms with Gasteiger partial charge in [-0.3, -0.25) is 4.99 Å². The molecular weight excluding hydrogens is 170 g/mol. The van der Waals surface area contributed by atoms with Crippen molar-refractivity contribution in [3.8, 4) is 0 Å². The van der Waals surface area contributed by atoms with Gasteiger partial charge >= 0.3 is 0 Å². The first-order valence-corrected chi connectivity index (χ1v) is 5.25. The van der Waals surface area contributed by atoms with Crippen molar-refractivity contribution in [1.29, 1.82) is 0 Å². The zero-order valence-corrected chi connectivity index (χ0v) is 9.39. The lowest BCUT2D eigenvalue weighted by molar-refractivity contribution is 0.731. The molecule has 74 valence electrons. The summed E-state index contributed by atoms with van der Waals surface area (Å²) in [6, 6.07) is 6.62. The van der Waals surface area contributed by atoms with Gasteiger partial charge in [0.1, 0.15) is 0 Å². The molecular formula is C13H17N. The molecule has 0 aliphatic carbocycles. The van der Waals surface area contributed by atoms with Gasteiger partial charge in [0.05, 0.1) is 5.69 Å². The third-order valence-electron chi connectivity index (χ3n) is 3.34. The maximum Gasteiger partial charge on any atom is 0.0670 e. The Morgan fingerprint density at radius 3 is 2.64 bits per heavy atom. The Balaban J connectivity index is 2.57. The maximum atomic E-state index is 4.60. The van der Waals surface area contributed by atoms with Crippen LogP contribution in [-0.4, -0.2) is 5.71 Å². The van der Waals surface area contributed by atoms with E-state index in [4.69, 9.17) is 0 Å². The molecule has 0 N–H and O–H groups in total. The summed E-state index contributed by atoms with van der Waals surface area (Å²) in [5.41, 5.74) is 5.29. The van der Waals surface area contributed by atoms with Crippen LogP contribution in [0.3, 0.4) is 0 Å². The predicted molar refractivity (Wildman–Crippen MR) is 61.6 cm³/mol. The molecule has 0 amide bonds. The minimum atomic E-state index is 0.126. The normalized spacial score (nSPS) is 17.9. The van der Waals surface area contributed by atoms with E-state index in [1.165, 1.54) is 16.8 Å². The Bertz CT molecular complexity index is 400. The van der Waals surface area contributed by atoms with Crippen LogP contribution in [0.25, 0.3) is 0 Å². The second kappa shape index (κ2) is 2.94. The van der Waals surface area contributed by atoms with E-state index in [0.29, 0.717) is 0 Å². The van der Waals surface area contributed by atoms with Crippen LogP contribution in [0.15, 0.2) is 23.2 Å². The third kappa shape index (κ3) is 1.19. The summed E-state index contributed by atoms with van der Waals surface area (Å²) in [7, 11) is 0. The first-order chi connectivity index (χ1) is 6.55. The SMILES string of the molecule is CCc1ccc2c(c1)C(C)(C)C(C)=N2. The molecule has 0 saturated heterocycles. The zero-order chi connectivity index (χ0) is 10.3. The van der Waals surface area contributed by atoms with Crippen LogP contribution in [0, 0.1) is 0 Å². The first kappa shape index (κ1) is 9.45. The van der Waals surface area contributed by atoms with Gasteiger partial charge in [-0.05, 0) is 30.5 Å². The number of benzene rings is 1. The van der Waals surface area contributed by atoms with Crippen LogP contribution in [0.4, 0.5) is 5.69 Å². The Kier molecular flexibility index (Phi) is 1.99. The number of aryl methyl sites for hydroxylation is 1. The third-order valence-corrected chi connectivity index (χ3v) is 3.34. The van der Waals surface area contributed by atoms with Crippen molar-refractivity contribution in [3.05, 3.63) is 29.3 Å². The van der Waals surface area contributed by atoms with Gasteiger partial charge in [-0.1, -0.05) is 32.9 Å². The van der Waals surface area contributed by atoms with E-state index < -0.39 is 0 Å². The molecule has 1 heterocycles. The van der Waals surface area contributed by atoms with Crippen LogP contribution >= 0.6 is 0 Å². The molecule has 0 atom stereocenters. The van der Waals surface area contributed by atoms with E-state index >= 15 is 0 Å². The summed E-state index contributed by atoms with van der Waals surface area (Å²) in [5, 5.41) is 0. The molecule has 1 aromatic carbocycles. The monoisotopic (exact) mass is 187 g/mol. The van der Waals surface area contributed by atoms with Crippen molar-refractivity contribution in [2.24, 2.45) is 4.99 Å². The van der Waals surface area contributed by atoms with Gasteiger partial charge in [-0.25, -0.2) is 0 Å². The largest absolute Gasteiger partial charge is 0.257 e. The standard InChI is InChI=1S/C13H17N/c1-5-10-6-7-12-11(8-10)13(3,4)9(2)14-12/h6-8H,5H2,1-4H3. The van der Waals surface area contributed by atoms with E-state index in [9.17, 15) is 0 Å². The number of aliphatic imine (C=N–C) groups is 1. The second-order valence-electron chi connectivity index (χ2n) is 4.53. The lowest BCUT2D eigenvalue weighted by atomic mass is 9.81. The minimum absolute atomic E-state index is 0.126. The molecule has 0 fully saturated rings. The topological polar surface area (TPSA) is 12.4 Å². The molecule has 14 heavy (non-hydrogen) atoms. The molecule has 2 rings (SSSR count). The van der Waals surface area contributed by atoms with E-state index in [2.05, 4.69) is 50.9 Å². The molecule has 1 aromatic rings. The van der Waals surface area contributed by atoms with Gasteiger partial charge in [-0.15, -0.1) is 0 Å². The summed E-state index contributed by atoms with van der Waals surface area (Å²) in [6.45, 7) is 8.80. The Labute approximate surface area is 85.9 Å². The zero-order valence-electron chi connectivity index (χ0n) is 9.39. The number of fused-ring (bicyclic) bond motifs is 1. The highest BCUT2D eigenvalue weighted by Gasteiger charge is 2.31. The minimum Gasteiger partial charge on any atom is -0.257 e.